The second kappa shape index (κ2) is 13.5. The Hall–Kier alpha value is -2.62. The van der Waals surface area contributed by atoms with E-state index in [9.17, 15) is 9.90 Å². The van der Waals surface area contributed by atoms with E-state index in [0.29, 0.717) is 37.6 Å². The summed E-state index contributed by atoms with van der Waals surface area (Å²) in [5.74, 6) is 1.13. The molecule has 4 fully saturated rings. The average molecular weight is 730 g/mol. The van der Waals surface area contributed by atoms with Crippen molar-refractivity contribution in [1.29, 1.82) is 0 Å². The topological polar surface area (TPSA) is 111 Å². The Morgan fingerprint density at radius 1 is 1.08 bits per heavy atom. The normalized spacial score (nSPS) is 40.1. The quantitative estimate of drug-likeness (QED) is 0.221. The number of fused-ring (bicyclic) bond motifs is 3. The van der Waals surface area contributed by atoms with Crippen LogP contribution >= 0.6 is 0 Å². The maximum absolute atomic E-state index is 13.7. The van der Waals surface area contributed by atoms with Gasteiger partial charge in [-0.1, -0.05) is 74.0 Å². The van der Waals surface area contributed by atoms with Crippen molar-refractivity contribution in [2.75, 3.05) is 26.9 Å². The van der Waals surface area contributed by atoms with Gasteiger partial charge in [-0.05, 0) is 116 Å². The molecule has 7 rings (SSSR count). The van der Waals surface area contributed by atoms with Crippen LogP contribution in [-0.4, -0.2) is 69.3 Å². The molecule has 3 heterocycles. The Kier molecular flexibility index (Phi) is 9.88. The number of likely N-dealkylation sites (N-methyl/N-ethyl adjacent to an activating group) is 1. The number of carboxylic acid groups (broad SMARTS) is 1. The van der Waals surface area contributed by atoms with Gasteiger partial charge in [-0.3, -0.25) is 9.78 Å². The summed E-state index contributed by atoms with van der Waals surface area (Å²) in [6.07, 6.45) is 15.3. The molecular formula is C44H67N5O4. The second-order valence-electron chi connectivity index (χ2n) is 19.4. The summed E-state index contributed by atoms with van der Waals surface area (Å²) >= 11 is 0. The van der Waals surface area contributed by atoms with Crippen LogP contribution in [0.1, 0.15) is 120 Å². The minimum absolute atomic E-state index is 0.0665. The highest BCUT2D eigenvalue weighted by molar-refractivity contribution is 5.73. The molecule has 2 aromatic heterocycles. The zero-order valence-electron chi connectivity index (χ0n) is 34.2. The molecule has 53 heavy (non-hydrogen) atoms. The molecule has 2 bridgehead atoms. The monoisotopic (exact) mass is 730 g/mol. The number of hydrogen-bond acceptors (Lipinski definition) is 7. The first-order valence-electron chi connectivity index (χ1n) is 20.7. The van der Waals surface area contributed by atoms with Gasteiger partial charge >= 0.3 is 5.97 Å². The second-order valence-corrected chi connectivity index (χ2v) is 19.4. The summed E-state index contributed by atoms with van der Waals surface area (Å²) < 4.78 is 16.6. The van der Waals surface area contributed by atoms with Gasteiger partial charge in [0.25, 0.3) is 0 Å². The lowest BCUT2D eigenvalue weighted by Crippen LogP contribution is -2.70. The number of allylic oxidation sites excluding steroid dienone is 1. The standard InChI is InChI=1S/C44H67N5O4/c1-11-43(12-2,45-10)25-53-36-33(49-37(47-27-48-49)30-16-21-46-22-17-30)23-39(6)24-52-26-44(36)32-15-18-42(9)35(38(50)51)40(7,29(5)28(3)4)19-20-41(42,8)31(32)13-14-34(39)44/h15-17,21-22,27-29,31,33-36,45H,11-14,18-20,23-26H2,1-10H3,(H,50,51)/t29-,31+,33-,34-,35-,36+,39-,40-,41-,42+,44+/m1/s1. The first-order valence-corrected chi connectivity index (χ1v) is 20.7. The van der Waals surface area contributed by atoms with E-state index in [-0.39, 0.29) is 50.7 Å². The van der Waals surface area contributed by atoms with Gasteiger partial charge in [0.1, 0.15) is 6.33 Å². The van der Waals surface area contributed by atoms with E-state index in [2.05, 4.69) is 90.4 Å². The minimum atomic E-state index is -0.623. The van der Waals surface area contributed by atoms with Crippen LogP contribution in [0.5, 0.6) is 0 Å². The molecule has 0 amide bonds. The van der Waals surface area contributed by atoms with Crippen LogP contribution in [0.4, 0.5) is 0 Å². The zero-order valence-corrected chi connectivity index (χ0v) is 34.2. The molecule has 0 radical (unpaired) electrons. The molecule has 5 aliphatic rings. The predicted octanol–water partition coefficient (Wildman–Crippen LogP) is 8.63. The van der Waals surface area contributed by atoms with Gasteiger partial charge in [-0.25, -0.2) is 9.67 Å². The van der Waals surface area contributed by atoms with Gasteiger partial charge < -0.3 is 19.9 Å². The fraction of sp³-hybridized carbons (Fsp3) is 0.773. The zero-order chi connectivity index (χ0) is 38.2. The molecule has 3 saturated carbocycles. The number of ether oxygens (including phenoxy) is 2. The fourth-order valence-electron chi connectivity index (χ4n) is 13.4. The van der Waals surface area contributed by atoms with E-state index in [0.717, 1.165) is 62.8 Å². The third-order valence-electron chi connectivity index (χ3n) is 17.3. The lowest BCUT2D eigenvalue weighted by Gasteiger charge is -2.71. The van der Waals surface area contributed by atoms with Crippen molar-refractivity contribution in [3.05, 3.63) is 42.5 Å². The predicted molar refractivity (Wildman–Crippen MR) is 208 cm³/mol. The minimum Gasteiger partial charge on any atom is -0.481 e. The van der Waals surface area contributed by atoms with Crippen molar-refractivity contribution in [1.82, 2.24) is 25.1 Å². The van der Waals surface area contributed by atoms with Crippen LogP contribution in [0, 0.1) is 56.7 Å². The Labute approximate surface area is 318 Å². The van der Waals surface area contributed by atoms with Crippen LogP contribution in [0.15, 0.2) is 42.5 Å². The first kappa shape index (κ1) is 38.6. The van der Waals surface area contributed by atoms with Gasteiger partial charge in [-0.2, -0.15) is 5.10 Å². The van der Waals surface area contributed by atoms with Crippen molar-refractivity contribution in [3.8, 4) is 11.4 Å². The molecular weight excluding hydrogens is 663 g/mol. The Morgan fingerprint density at radius 3 is 2.43 bits per heavy atom. The summed E-state index contributed by atoms with van der Waals surface area (Å²) in [4.78, 5) is 22.8. The molecule has 0 unspecified atom stereocenters. The largest absolute Gasteiger partial charge is 0.481 e. The average Bonchev–Trinajstić information content (AvgIpc) is 3.63. The van der Waals surface area contributed by atoms with Gasteiger partial charge in [0.2, 0.25) is 0 Å². The van der Waals surface area contributed by atoms with Crippen molar-refractivity contribution in [2.45, 2.75) is 131 Å². The third kappa shape index (κ3) is 5.47. The summed E-state index contributed by atoms with van der Waals surface area (Å²) in [7, 11) is 2.06. The highest BCUT2D eigenvalue weighted by Gasteiger charge is 2.72. The van der Waals surface area contributed by atoms with Crippen LogP contribution in [0.25, 0.3) is 11.4 Å². The lowest BCUT2D eigenvalue weighted by atomic mass is 9.34. The Balaban J connectivity index is 1.41. The summed E-state index contributed by atoms with van der Waals surface area (Å²) in [6.45, 7) is 22.8. The van der Waals surface area contributed by atoms with Crippen LogP contribution in [0.2, 0.25) is 0 Å². The van der Waals surface area contributed by atoms with E-state index in [1.54, 1.807) is 6.33 Å². The van der Waals surface area contributed by atoms with E-state index < -0.39 is 11.9 Å². The van der Waals surface area contributed by atoms with Crippen molar-refractivity contribution in [2.24, 2.45) is 56.7 Å². The first-order chi connectivity index (χ1) is 25.1. The smallest absolute Gasteiger partial charge is 0.307 e. The molecule has 4 aliphatic carbocycles. The molecule has 2 aromatic rings. The van der Waals surface area contributed by atoms with E-state index in [4.69, 9.17) is 19.6 Å². The number of aromatic nitrogens is 4. The molecule has 9 nitrogen and oxygen atoms in total. The lowest BCUT2D eigenvalue weighted by molar-refractivity contribution is -0.254. The number of hydrogen-bond donors (Lipinski definition) is 2. The molecule has 292 valence electrons. The highest BCUT2D eigenvalue weighted by Crippen LogP contribution is 2.75. The van der Waals surface area contributed by atoms with Crippen molar-refractivity contribution < 1.29 is 19.4 Å². The molecule has 0 aromatic carbocycles. The molecule has 11 atom stereocenters. The van der Waals surface area contributed by atoms with Crippen molar-refractivity contribution >= 4 is 5.97 Å². The maximum Gasteiger partial charge on any atom is 0.307 e. The van der Waals surface area contributed by atoms with Crippen molar-refractivity contribution in [3.63, 3.8) is 0 Å². The number of nitrogens with one attached hydrogen (secondary N) is 1. The molecule has 1 aliphatic heterocycles. The van der Waals surface area contributed by atoms with E-state index in [1.807, 2.05) is 24.5 Å². The number of carboxylic acids is 1. The number of rotatable bonds is 11. The van der Waals surface area contributed by atoms with Gasteiger partial charge in [-0.15, -0.1) is 0 Å². The molecule has 0 spiro atoms. The van der Waals surface area contributed by atoms with Crippen LogP contribution in [-0.2, 0) is 14.3 Å². The number of pyridine rings is 1. The number of aliphatic carboxylic acids is 1. The van der Waals surface area contributed by atoms with Crippen LogP contribution < -0.4 is 5.32 Å². The molecule has 1 saturated heterocycles. The SMILES string of the molecule is CCC(CC)(CO[C@H]1[C@H](n2ncnc2-c2ccncc2)C[C@]2(C)COC[C@@]13C1=CC[C@@]4(C)[C@H](C(=O)O)[C@@](C)([C@H](C)C(C)C)CC[C@]4(C)[C@H]1CC[C@H]23)NC. The van der Waals surface area contributed by atoms with E-state index in [1.165, 1.54) is 5.57 Å². The number of nitrogens with zero attached hydrogens (tertiary/aromatic N) is 4. The van der Waals surface area contributed by atoms with E-state index >= 15 is 0 Å². The maximum atomic E-state index is 13.7. The molecule has 2 N–H and O–H groups in total. The Morgan fingerprint density at radius 2 is 1.79 bits per heavy atom. The summed E-state index contributed by atoms with van der Waals surface area (Å²) in [6, 6.07) is 3.97. The third-order valence-corrected chi connectivity index (χ3v) is 17.3. The number of carbonyl (C=O) groups is 1. The van der Waals surface area contributed by atoms with Gasteiger partial charge in [0.05, 0.1) is 37.9 Å². The van der Waals surface area contributed by atoms with Gasteiger partial charge in [0.15, 0.2) is 5.82 Å². The molecule has 9 heteroatoms. The fourth-order valence-corrected chi connectivity index (χ4v) is 13.4. The summed E-state index contributed by atoms with van der Waals surface area (Å²) in [5, 5.41) is 19.9. The highest BCUT2D eigenvalue weighted by atomic mass is 16.5. The Bertz CT molecular complexity index is 1680. The van der Waals surface area contributed by atoms with Crippen LogP contribution in [0.3, 0.4) is 0 Å². The summed E-state index contributed by atoms with van der Waals surface area (Å²) in [5.41, 5.74) is 1.00. The van der Waals surface area contributed by atoms with Gasteiger partial charge in [0, 0.05) is 28.9 Å².